The molecule has 0 aromatic carbocycles. The second-order valence-corrected chi connectivity index (χ2v) is 6.42. The third-order valence-corrected chi connectivity index (χ3v) is 5.15. The Morgan fingerprint density at radius 2 is 2.32 bits per heavy atom. The number of aromatic amines is 1. The van der Waals surface area contributed by atoms with Crippen LogP contribution in [-0.4, -0.2) is 40.1 Å². The van der Waals surface area contributed by atoms with Crippen LogP contribution in [-0.2, 0) is 10.0 Å². The highest BCUT2D eigenvalue weighted by Gasteiger charge is 2.23. The van der Waals surface area contributed by atoms with Gasteiger partial charge in [0.1, 0.15) is 4.21 Å². The van der Waals surface area contributed by atoms with Gasteiger partial charge in [0.25, 0.3) is 10.0 Å². The zero-order valence-electron chi connectivity index (χ0n) is 9.56. The van der Waals surface area contributed by atoms with Crippen molar-refractivity contribution in [3.05, 3.63) is 22.8 Å². The largest absolute Gasteiger partial charge is 0.478 e. The number of hydrogen-bond acceptors (Lipinski definition) is 7. The Kier molecular flexibility index (Phi) is 3.59. The third kappa shape index (κ3) is 2.94. The standard InChI is InChI=1S/C8H9N5O4S2/c1-4(7-9-12-13-10-7)11-19(16,17)6-2-5(3-18-6)8(14)15/h2-4,11H,1H3,(H,14,15)(H,9,10,12,13). The van der Waals surface area contributed by atoms with E-state index in [4.69, 9.17) is 5.11 Å². The Hall–Kier alpha value is -1.85. The minimum atomic E-state index is -3.81. The van der Waals surface area contributed by atoms with Crippen molar-refractivity contribution in [2.24, 2.45) is 0 Å². The maximum absolute atomic E-state index is 12.0. The van der Waals surface area contributed by atoms with E-state index in [0.29, 0.717) is 0 Å². The lowest BCUT2D eigenvalue weighted by molar-refractivity contribution is 0.0697. The summed E-state index contributed by atoms with van der Waals surface area (Å²) >= 11 is 0.829. The van der Waals surface area contributed by atoms with E-state index in [0.717, 1.165) is 17.4 Å². The van der Waals surface area contributed by atoms with Crippen LogP contribution in [0.4, 0.5) is 0 Å². The number of H-pyrrole nitrogens is 1. The number of sulfonamides is 1. The summed E-state index contributed by atoms with van der Waals surface area (Å²) < 4.78 is 26.2. The maximum Gasteiger partial charge on any atom is 0.336 e. The van der Waals surface area contributed by atoms with Crippen molar-refractivity contribution >= 4 is 27.3 Å². The summed E-state index contributed by atoms with van der Waals surface area (Å²) in [6.07, 6.45) is 0. The van der Waals surface area contributed by atoms with E-state index >= 15 is 0 Å². The van der Waals surface area contributed by atoms with Gasteiger partial charge in [-0.25, -0.2) is 13.2 Å². The molecule has 11 heteroatoms. The van der Waals surface area contributed by atoms with Crippen molar-refractivity contribution in [1.82, 2.24) is 25.3 Å². The molecule has 1 unspecified atom stereocenters. The molecular formula is C8H9N5O4S2. The summed E-state index contributed by atoms with van der Waals surface area (Å²) in [4.78, 5) is 10.7. The highest BCUT2D eigenvalue weighted by atomic mass is 32.2. The molecule has 0 amide bonds. The second-order valence-electron chi connectivity index (χ2n) is 3.57. The van der Waals surface area contributed by atoms with Crippen LogP contribution in [0.1, 0.15) is 29.1 Å². The lowest BCUT2D eigenvalue weighted by Crippen LogP contribution is -2.27. The van der Waals surface area contributed by atoms with Gasteiger partial charge in [-0.05, 0) is 13.0 Å². The van der Waals surface area contributed by atoms with Crippen LogP contribution in [0.2, 0.25) is 0 Å². The number of carboxylic acid groups (broad SMARTS) is 1. The molecule has 2 heterocycles. The Balaban J connectivity index is 2.20. The number of carboxylic acids is 1. The van der Waals surface area contributed by atoms with Gasteiger partial charge < -0.3 is 5.11 Å². The first kappa shape index (κ1) is 13.6. The summed E-state index contributed by atoms with van der Waals surface area (Å²) in [6.45, 7) is 1.55. The van der Waals surface area contributed by atoms with Gasteiger partial charge in [-0.2, -0.15) is 9.94 Å². The van der Waals surface area contributed by atoms with Gasteiger partial charge in [-0.1, -0.05) is 5.21 Å². The van der Waals surface area contributed by atoms with E-state index in [1.807, 2.05) is 0 Å². The van der Waals surface area contributed by atoms with Crippen LogP contribution in [0.25, 0.3) is 0 Å². The van der Waals surface area contributed by atoms with Crippen molar-refractivity contribution in [2.75, 3.05) is 0 Å². The smallest absolute Gasteiger partial charge is 0.336 e. The number of carbonyl (C=O) groups is 1. The zero-order valence-corrected chi connectivity index (χ0v) is 11.2. The summed E-state index contributed by atoms with van der Waals surface area (Å²) in [5, 5.41) is 22.9. The van der Waals surface area contributed by atoms with Crippen molar-refractivity contribution in [1.29, 1.82) is 0 Å². The molecule has 3 N–H and O–H groups in total. The molecule has 1 atom stereocenters. The van der Waals surface area contributed by atoms with Gasteiger partial charge in [0.15, 0.2) is 5.82 Å². The fraction of sp³-hybridized carbons (Fsp3) is 0.250. The minimum Gasteiger partial charge on any atom is -0.478 e. The maximum atomic E-state index is 12.0. The summed E-state index contributed by atoms with van der Waals surface area (Å²) in [6, 6.07) is 0.414. The van der Waals surface area contributed by atoms with Crippen LogP contribution < -0.4 is 4.72 Å². The molecule has 0 radical (unpaired) electrons. The second kappa shape index (κ2) is 5.03. The van der Waals surface area contributed by atoms with E-state index in [1.165, 1.54) is 5.38 Å². The van der Waals surface area contributed by atoms with Gasteiger partial charge in [-0.3, -0.25) is 0 Å². The molecule has 2 aromatic rings. The molecule has 0 fully saturated rings. The average Bonchev–Trinajstić information content (AvgIpc) is 3.00. The van der Waals surface area contributed by atoms with Crippen molar-refractivity contribution in [3.63, 3.8) is 0 Å². The van der Waals surface area contributed by atoms with Crippen molar-refractivity contribution in [3.8, 4) is 0 Å². The SMILES string of the molecule is CC(NS(=O)(=O)c1cc(C(=O)O)cs1)c1nn[nH]n1. The molecule has 2 aromatic heterocycles. The molecule has 0 spiro atoms. The molecule has 0 bridgehead atoms. The number of nitrogens with one attached hydrogen (secondary N) is 2. The first-order valence-corrected chi connectivity index (χ1v) is 7.34. The number of aromatic carboxylic acids is 1. The average molecular weight is 303 g/mol. The predicted octanol–water partition coefficient (Wildman–Crippen LogP) is -0.00110. The number of hydrogen-bond donors (Lipinski definition) is 3. The quantitative estimate of drug-likeness (QED) is 0.706. The fourth-order valence-corrected chi connectivity index (χ4v) is 3.64. The van der Waals surface area contributed by atoms with E-state index in [9.17, 15) is 13.2 Å². The molecule has 0 saturated heterocycles. The van der Waals surface area contributed by atoms with Gasteiger partial charge >= 0.3 is 5.97 Å². The molecule has 0 saturated carbocycles. The summed E-state index contributed by atoms with van der Waals surface area (Å²) in [7, 11) is -3.81. The van der Waals surface area contributed by atoms with Crippen LogP contribution >= 0.6 is 11.3 Å². The first-order valence-electron chi connectivity index (χ1n) is 4.97. The van der Waals surface area contributed by atoms with Crippen molar-refractivity contribution < 1.29 is 18.3 Å². The van der Waals surface area contributed by atoms with Gasteiger partial charge in [-0.15, -0.1) is 21.5 Å². The van der Waals surface area contributed by atoms with E-state index < -0.39 is 22.0 Å². The Morgan fingerprint density at radius 3 is 2.84 bits per heavy atom. The monoisotopic (exact) mass is 303 g/mol. The zero-order chi connectivity index (χ0) is 14.0. The number of nitrogens with zero attached hydrogens (tertiary/aromatic N) is 3. The fourth-order valence-electron chi connectivity index (χ4n) is 1.27. The Morgan fingerprint density at radius 1 is 1.58 bits per heavy atom. The van der Waals surface area contributed by atoms with E-state index in [-0.39, 0.29) is 15.6 Å². The lowest BCUT2D eigenvalue weighted by atomic mass is 10.4. The molecule has 0 aliphatic carbocycles. The van der Waals surface area contributed by atoms with Crippen LogP contribution in [0, 0.1) is 0 Å². The normalized spacial score (nSPS) is 13.3. The topological polar surface area (TPSA) is 138 Å². The molecule has 0 aliphatic heterocycles. The number of rotatable bonds is 5. The number of aromatic nitrogens is 4. The van der Waals surface area contributed by atoms with E-state index in [1.54, 1.807) is 6.92 Å². The van der Waals surface area contributed by atoms with Gasteiger partial charge in [0.05, 0.1) is 11.6 Å². The highest BCUT2D eigenvalue weighted by Crippen LogP contribution is 2.21. The minimum absolute atomic E-state index is 0.0717. The van der Waals surface area contributed by atoms with E-state index in [2.05, 4.69) is 25.3 Å². The molecule has 9 nitrogen and oxygen atoms in total. The molecule has 19 heavy (non-hydrogen) atoms. The predicted molar refractivity (Wildman–Crippen MR) is 64.2 cm³/mol. The van der Waals surface area contributed by atoms with Crippen LogP contribution in [0.5, 0.6) is 0 Å². The first-order chi connectivity index (χ1) is 8.90. The summed E-state index contributed by atoms with van der Waals surface area (Å²) in [5.41, 5.74) is -0.0717. The van der Waals surface area contributed by atoms with Crippen LogP contribution in [0.15, 0.2) is 15.7 Å². The van der Waals surface area contributed by atoms with Gasteiger partial charge in [0.2, 0.25) is 0 Å². The number of thiophene rings is 1. The van der Waals surface area contributed by atoms with Crippen LogP contribution in [0.3, 0.4) is 0 Å². The molecular weight excluding hydrogens is 294 g/mol. The third-order valence-electron chi connectivity index (χ3n) is 2.17. The summed E-state index contributed by atoms with van der Waals surface area (Å²) in [5.74, 6) is -0.984. The molecule has 102 valence electrons. The van der Waals surface area contributed by atoms with Crippen molar-refractivity contribution in [2.45, 2.75) is 17.2 Å². The Bertz CT molecular complexity index is 678. The number of tetrazole rings is 1. The lowest BCUT2D eigenvalue weighted by Gasteiger charge is -2.08. The molecule has 2 rings (SSSR count). The van der Waals surface area contributed by atoms with Gasteiger partial charge in [0, 0.05) is 5.38 Å². The molecule has 0 aliphatic rings. The Labute approximate surface area is 111 Å². The highest BCUT2D eigenvalue weighted by molar-refractivity contribution is 7.91.